The smallest absolute Gasteiger partial charge is 0.276 e. The van der Waals surface area contributed by atoms with E-state index >= 15 is 0 Å². The number of para-hydroxylation sites is 1. The van der Waals surface area contributed by atoms with Gasteiger partial charge in [-0.1, -0.05) is 18.2 Å². The standard InChI is InChI=1S/C14H10IN3O/c15-9-5-7-10(8-6-9)16-14(19)13-11-3-1-2-4-12(11)17-18-13/h1-8H,(H,16,19)(H,17,18). The Balaban J connectivity index is 1.90. The number of H-pyrrole nitrogens is 1. The van der Waals surface area contributed by atoms with Crippen molar-refractivity contribution in [2.45, 2.75) is 0 Å². The molecule has 0 aliphatic heterocycles. The molecular weight excluding hydrogens is 353 g/mol. The zero-order chi connectivity index (χ0) is 13.2. The average molecular weight is 363 g/mol. The fraction of sp³-hybridized carbons (Fsp3) is 0. The van der Waals surface area contributed by atoms with E-state index in [9.17, 15) is 4.79 Å². The van der Waals surface area contributed by atoms with Crippen LogP contribution in [0.4, 0.5) is 5.69 Å². The van der Waals surface area contributed by atoms with Crippen molar-refractivity contribution in [2.24, 2.45) is 0 Å². The molecule has 0 unspecified atom stereocenters. The SMILES string of the molecule is O=C(Nc1ccc(I)cc1)c1n[nH]c2ccccc12. The zero-order valence-corrected chi connectivity index (χ0v) is 12.0. The third-order valence-corrected chi connectivity index (χ3v) is 3.51. The van der Waals surface area contributed by atoms with Crippen molar-refractivity contribution in [2.75, 3.05) is 5.32 Å². The van der Waals surface area contributed by atoms with E-state index < -0.39 is 0 Å². The molecule has 94 valence electrons. The Morgan fingerprint density at radius 3 is 2.63 bits per heavy atom. The largest absolute Gasteiger partial charge is 0.321 e. The quantitative estimate of drug-likeness (QED) is 0.686. The maximum atomic E-state index is 12.2. The van der Waals surface area contributed by atoms with Gasteiger partial charge in [0, 0.05) is 14.6 Å². The van der Waals surface area contributed by atoms with Crippen molar-refractivity contribution in [3.63, 3.8) is 0 Å². The van der Waals surface area contributed by atoms with Gasteiger partial charge in [0.05, 0.1) is 5.52 Å². The van der Waals surface area contributed by atoms with Crippen molar-refractivity contribution in [3.05, 3.63) is 57.8 Å². The summed E-state index contributed by atoms with van der Waals surface area (Å²) in [5, 5.41) is 10.6. The molecule has 5 heteroatoms. The molecule has 0 saturated heterocycles. The number of nitrogens with zero attached hydrogens (tertiary/aromatic N) is 1. The Morgan fingerprint density at radius 1 is 1.11 bits per heavy atom. The van der Waals surface area contributed by atoms with Crippen LogP contribution >= 0.6 is 22.6 Å². The molecule has 0 aliphatic rings. The molecule has 1 heterocycles. The summed E-state index contributed by atoms with van der Waals surface area (Å²) in [5.74, 6) is -0.210. The number of fused-ring (bicyclic) bond motifs is 1. The minimum atomic E-state index is -0.210. The lowest BCUT2D eigenvalue weighted by molar-refractivity contribution is 0.102. The van der Waals surface area contributed by atoms with Gasteiger partial charge in [0.2, 0.25) is 0 Å². The molecule has 3 rings (SSSR count). The second-order valence-corrected chi connectivity index (χ2v) is 5.32. The Kier molecular flexibility index (Phi) is 3.20. The number of hydrogen-bond acceptors (Lipinski definition) is 2. The van der Waals surface area contributed by atoms with Crippen LogP contribution in [-0.2, 0) is 0 Å². The van der Waals surface area contributed by atoms with E-state index in [4.69, 9.17) is 0 Å². The van der Waals surface area contributed by atoms with Crippen LogP contribution in [0.5, 0.6) is 0 Å². The summed E-state index contributed by atoms with van der Waals surface area (Å²) in [4.78, 5) is 12.2. The van der Waals surface area contributed by atoms with Gasteiger partial charge in [-0.15, -0.1) is 0 Å². The predicted octanol–water partition coefficient (Wildman–Crippen LogP) is 3.42. The number of hydrogen-bond donors (Lipinski definition) is 2. The molecule has 2 N–H and O–H groups in total. The number of aromatic nitrogens is 2. The number of aromatic amines is 1. The van der Waals surface area contributed by atoms with Crippen molar-refractivity contribution in [1.29, 1.82) is 0 Å². The van der Waals surface area contributed by atoms with Gasteiger partial charge < -0.3 is 5.32 Å². The van der Waals surface area contributed by atoms with Crippen molar-refractivity contribution in [3.8, 4) is 0 Å². The van der Waals surface area contributed by atoms with Gasteiger partial charge in [-0.3, -0.25) is 9.89 Å². The number of amides is 1. The van der Waals surface area contributed by atoms with Crippen molar-refractivity contribution < 1.29 is 4.79 Å². The molecule has 0 spiro atoms. The van der Waals surface area contributed by atoms with E-state index in [2.05, 4.69) is 38.1 Å². The number of anilines is 1. The first kappa shape index (κ1) is 12.2. The van der Waals surface area contributed by atoms with Crippen LogP contribution in [-0.4, -0.2) is 16.1 Å². The van der Waals surface area contributed by atoms with Gasteiger partial charge in [0.25, 0.3) is 5.91 Å². The number of benzene rings is 2. The summed E-state index contributed by atoms with van der Waals surface area (Å²) in [5.41, 5.74) is 2.03. The summed E-state index contributed by atoms with van der Waals surface area (Å²) in [6, 6.07) is 15.2. The highest BCUT2D eigenvalue weighted by molar-refractivity contribution is 14.1. The second-order valence-electron chi connectivity index (χ2n) is 4.08. The van der Waals surface area contributed by atoms with E-state index in [0.29, 0.717) is 5.69 Å². The number of rotatable bonds is 2. The highest BCUT2D eigenvalue weighted by atomic mass is 127. The minimum absolute atomic E-state index is 0.210. The zero-order valence-electron chi connectivity index (χ0n) is 9.85. The molecule has 2 aromatic carbocycles. The third-order valence-electron chi connectivity index (χ3n) is 2.79. The lowest BCUT2D eigenvalue weighted by Crippen LogP contribution is -2.12. The minimum Gasteiger partial charge on any atom is -0.321 e. The number of carbonyl (C=O) groups is 1. The van der Waals surface area contributed by atoms with Gasteiger partial charge in [-0.05, 0) is 52.9 Å². The van der Waals surface area contributed by atoms with Crippen molar-refractivity contribution >= 4 is 45.1 Å². The Labute approximate surface area is 123 Å². The van der Waals surface area contributed by atoms with Crippen LogP contribution in [0, 0.1) is 3.57 Å². The second kappa shape index (κ2) is 5.00. The summed E-state index contributed by atoms with van der Waals surface area (Å²) in [6.07, 6.45) is 0. The van der Waals surface area contributed by atoms with Crippen LogP contribution in [0.1, 0.15) is 10.5 Å². The van der Waals surface area contributed by atoms with Crippen LogP contribution in [0.3, 0.4) is 0 Å². The van der Waals surface area contributed by atoms with Crippen molar-refractivity contribution in [1.82, 2.24) is 10.2 Å². The first-order valence-electron chi connectivity index (χ1n) is 5.74. The molecule has 0 bridgehead atoms. The van der Waals surface area contributed by atoms with Gasteiger partial charge in [-0.25, -0.2) is 0 Å². The molecule has 19 heavy (non-hydrogen) atoms. The molecule has 1 aromatic heterocycles. The molecule has 0 radical (unpaired) electrons. The van der Waals surface area contributed by atoms with E-state index in [1.807, 2.05) is 48.5 Å². The van der Waals surface area contributed by atoms with Gasteiger partial charge in [0.1, 0.15) is 0 Å². The topological polar surface area (TPSA) is 57.8 Å². The lowest BCUT2D eigenvalue weighted by atomic mass is 10.2. The maximum absolute atomic E-state index is 12.2. The first-order valence-corrected chi connectivity index (χ1v) is 6.82. The molecule has 0 fully saturated rings. The van der Waals surface area contributed by atoms with Crippen LogP contribution < -0.4 is 5.32 Å². The lowest BCUT2D eigenvalue weighted by Gasteiger charge is -2.03. The molecule has 4 nitrogen and oxygen atoms in total. The van der Waals surface area contributed by atoms with Crippen LogP contribution in [0.15, 0.2) is 48.5 Å². The summed E-state index contributed by atoms with van der Waals surface area (Å²) in [6.45, 7) is 0. The number of halogens is 1. The Morgan fingerprint density at radius 2 is 1.84 bits per heavy atom. The fourth-order valence-electron chi connectivity index (χ4n) is 1.86. The van der Waals surface area contributed by atoms with Gasteiger partial charge in [0.15, 0.2) is 5.69 Å². The fourth-order valence-corrected chi connectivity index (χ4v) is 2.22. The Hall–Kier alpha value is -1.89. The Bertz CT molecular complexity index is 734. The summed E-state index contributed by atoms with van der Waals surface area (Å²) < 4.78 is 1.13. The molecule has 0 aliphatic carbocycles. The maximum Gasteiger partial charge on any atom is 0.276 e. The third kappa shape index (κ3) is 2.46. The van der Waals surface area contributed by atoms with Crippen LogP contribution in [0.25, 0.3) is 10.9 Å². The van der Waals surface area contributed by atoms with E-state index in [0.717, 1.165) is 20.2 Å². The number of carbonyl (C=O) groups excluding carboxylic acids is 1. The summed E-state index contributed by atoms with van der Waals surface area (Å²) >= 11 is 2.22. The predicted molar refractivity (Wildman–Crippen MR) is 83.2 cm³/mol. The average Bonchev–Trinajstić information content (AvgIpc) is 2.85. The highest BCUT2D eigenvalue weighted by Crippen LogP contribution is 2.17. The monoisotopic (exact) mass is 363 g/mol. The molecule has 0 saturated carbocycles. The van der Waals surface area contributed by atoms with Crippen LogP contribution in [0.2, 0.25) is 0 Å². The highest BCUT2D eigenvalue weighted by Gasteiger charge is 2.13. The normalized spacial score (nSPS) is 10.6. The molecule has 0 atom stereocenters. The molecule has 1 amide bonds. The molecule has 3 aromatic rings. The molecular formula is C14H10IN3O. The van der Waals surface area contributed by atoms with Gasteiger partial charge in [-0.2, -0.15) is 5.10 Å². The van der Waals surface area contributed by atoms with E-state index in [-0.39, 0.29) is 5.91 Å². The first-order chi connectivity index (χ1) is 9.24. The summed E-state index contributed by atoms with van der Waals surface area (Å²) in [7, 11) is 0. The van der Waals surface area contributed by atoms with Gasteiger partial charge >= 0.3 is 0 Å². The van der Waals surface area contributed by atoms with E-state index in [1.165, 1.54) is 0 Å². The number of nitrogens with one attached hydrogen (secondary N) is 2. The van der Waals surface area contributed by atoms with E-state index in [1.54, 1.807) is 0 Å².